The molecule has 3 aromatic rings. The Labute approximate surface area is 112 Å². The van der Waals surface area contributed by atoms with Crippen LogP contribution < -0.4 is 4.74 Å². The van der Waals surface area contributed by atoms with Crippen LogP contribution in [-0.4, -0.2) is 9.55 Å². The van der Waals surface area contributed by atoms with E-state index >= 15 is 0 Å². The van der Waals surface area contributed by atoms with Crippen LogP contribution in [0.25, 0.3) is 11.0 Å². The monoisotopic (exact) mass is 252 g/mol. The van der Waals surface area contributed by atoms with Gasteiger partial charge in [0.05, 0.1) is 17.4 Å². The standard InChI is InChI=1S/C16H16N2O/c1-3-12-4-6-13(7-5-12)19-14-8-9-15-16(10-14)18(2)11-17-15/h4-11H,3H2,1-2H3. The van der Waals surface area contributed by atoms with Crippen LogP contribution in [0.2, 0.25) is 0 Å². The molecular weight excluding hydrogens is 236 g/mol. The Morgan fingerprint density at radius 3 is 2.53 bits per heavy atom. The zero-order chi connectivity index (χ0) is 13.2. The molecule has 2 aromatic carbocycles. The highest BCUT2D eigenvalue weighted by Crippen LogP contribution is 2.25. The molecule has 1 heterocycles. The summed E-state index contributed by atoms with van der Waals surface area (Å²) in [6, 6.07) is 14.1. The molecule has 0 saturated heterocycles. The molecule has 0 unspecified atom stereocenters. The molecule has 0 fully saturated rings. The van der Waals surface area contributed by atoms with E-state index in [9.17, 15) is 0 Å². The van der Waals surface area contributed by atoms with Crippen molar-refractivity contribution in [3.05, 3.63) is 54.4 Å². The maximum Gasteiger partial charge on any atom is 0.129 e. The van der Waals surface area contributed by atoms with Crippen molar-refractivity contribution in [2.45, 2.75) is 13.3 Å². The second-order valence-electron chi connectivity index (χ2n) is 4.61. The molecule has 0 amide bonds. The van der Waals surface area contributed by atoms with E-state index in [1.165, 1.54) is 5.56 Å². The predicted molar refractivity (Wildman–Crippen MR) is 76.6 cm³/mol. The molecule has 0 saturated carbocycles. The minimum Gasteiger partial charge on any atom is -0.457 e. The largest absolute Gasteiger partial charge is 0.457 e. The fourth-order valence-electron chi connectivity index (χ4n) is 2.10. The van der Waals surface area contributed by atoms with E-state index in [2.05, 4.69) is 24.0 Å². The van der Waals surface area contributed by atoms with Crippen LogP contribution in [0.1, 0.15) is 12.5 Å². The lowest BCUT2D eigenvalue weighted by Gasteiger charge is -2.06. The third-order valence-electron chi connectivity index (χ3n) is 3.26. The van der Waals surface area contributed by atoms with Gasteiger partial charge in [-0.15, -0.1) is 0 Å². The molecule has 0 radical (unpaired) electrons. The molecule has 3 heteroatoms. The summed E-state index contributed by atoms with van der Waals surface area (Å²) in [4.78, 5) is 4.30. The molecule has 0 spiro atoms. The number of nitrogens with zero attached hydrogens (tertiary/aromatic N) is 2. The maximum atomic E-state index is 5.87. The van der Waals surface area contributed by atoms with Crippen molar-refractivity contribution in [2.75, 3.05) is 0 Å². The van der Waals surface area contributed by atoms with Crippen LogP contribution in [0.4, 0.5) is 0 Å². The third kappa shape index (κ3) is 2.32. The number of hydrogen-bond acceptors (Lipinski definition) is 2. The van der Waals surface area contributed by atoms with Gasteiger partial charge < -0.3 is 9.30 Å². The molecule has 96 valence electrons. The second kappa shape index (κ2) is 4.76. The Bertz CT molecular complexity index is 698. The molecule has 0 N–H and O–H groups in total. The van der Waals surface area contributed by atoms with Gasteiger partial charge in [0.2, 0.25) is 0 Å². The number of imidazole rings is 1. The fourth-order valence-corrected chi connectivity index (χ4v) is 2.10. The Balaban J connectivity index is 1.89. The average molecular weight is 252 g/mol. The quantitative estimate of drug-likeness (QED) is 0.706. The number of rotatable bonds is 3. The first-order chi connectivity index (χ1) is 9.26. The smallest absolute Gasteiger partial charge is 0.129 e. The summed E-state index contributed by atoms with van der Waals surface area (Å²) in [5.41, 5.74) is 3.37. The van der Waals surface area contributed by atoms with Crippen molar-refractivity contribution in [1.29, 1.82) is 0 Å². The summed E-state index contributed by atoms with van der Waals surface area (Å²) in [5.74, 6) is 1.69. The average Bonchev–Trinajstić information content (AvgIpc) is 2.81. The van der Waals surface area contributed by atoms with E-state index < -0.39 is 0 Å². The van der Waals surface area contributed by atoms with Crippen molar-refractivity contribution < 1.29 is 4.74 Å². The van der Waals surface area contributed by atoms with Crippen LogP contribution in [-0.2, 0) is 13.5 Å². The number of fused-ring (bicyclic) bond motifs is 1. The first-order valence-electron chi connectivity index (χ1n) is 6.44. The van der Waals surface area contributed by atoms with Crippen LogP contribution in [0.5, 0.6) is 11.5 Å². The van der Waals surface area contributed by atoms with E-state index in [-0.39, 0.29) is 0 Å². The van der Waals surface area contributed by atoms with Gasteiger partial charge in [-0.1, -0.05) is 19.1 Å². The summed E-state index contributed by atoms with van der Waals surface area (Å²) < 4.78 is 7.86. The van der Waals surface area contributed by atoms with Gasteiger partial charge in [0, 0.05) is 13.1 Å². The van der Waals surface area contributed by atoms with Crippen molar-refractivity contribution in [1.82, 2.24) is 9.55 Å². The lowest BCUT2D eigenvalue weighted by Crippen LogP contribution is -1.87. The van der Waals surface area contributed by atoms with E-state index in [1.54, 1.807) is 0 Å². The Hall–Kier alpha value is -2.29. The molecule has 0 aliphatic heterocycles. The molecule has 19 heavy (non-hydrogen) atoms. The number of ether oxygens (including phenoxy) is 1. The van der Waals surface area contributed by atoms with Crippen molar-refractivity contribution in [2.24, 2.45) is 7.05 Å². The van der Waals surface area contributed by atoms with E-state index in [4.69, 9.17) is 4.74 Å². The van der Waals surface area contributed by atoms with Gasteiger partial charge in [-0.2, -0.15) is 0 Å². The van der Waals surface area contributed by atoms with Gasteiger partial charge in [0.25, 0.3) is 0 Å². The molecule has 3 nitrogen and oxygen atoms in total. The molecular formula is C16H16N2O. The molecule has 0 aliphatic rings. The number of aromatic nitrogens is 2. The van der Waals surface area contributed by atoms with Crippen LogP contribution in [0.3, 0.4) is 0 Å². The van der Waals surface area contributed by atoms with Gasteiger partial charge >= 0.3 is 0 Å². The first kappa shape index (κ1) is 11.8. The lowest BCUT2D eigenvalue weighted by molar-refractivity contribution is 0.483. The highest BCUT2D eigenvalue weighted by Gasteiger charge is 2.03. The van der Waals surface area contributed by atoms with Crippen molar-refractivity contribution >= 4 is 11.0 Å². The summed E-state index contributed by atoms with van der Waals surface area (Å²) in [5, 5.41) is 0. The molecule has 0 bridgehead atoms. The molecule has 3 rings (SSSR count). The number of benzene rings is 2. The van der Waals surface area contributed by atoms with Crippen LogP contribution in [0, 0.1) is 0 Å². The Morgan fingerprint density at radius 2 is 1.79 bits per heavy atom. The van der Waals surface area contributed by atoms with Crippen LogP contribution in [0.15, 0.2) is 48.8 Å². The predicted octanol–water partition coefficient (Wildman–Crippen LogP) is 3.93. The fraction of sp³-hybridized carbons (Fsp3) is 0.188. The van der Waals surface area contributed by atoms with Crippen molar-refractivity contribution in [3.8, 4) is 11.5 Å². The maximum absolute atomic E-state index is 5.87. The number of hydrogen-bond donors (Lipinski definition) is 0. The SMILES string of the molecule is CCc1ccc(Oc2ccc3ncn(C)c3c2)cc1. The molecule has 0 aliphatic carbocycles. The molecule has 0 atom stereocenters. The van der Waals surface area contributed by atoms with Crippen LogP contribution >= 0.6 is 0 Å². The third-order valence-corrected chi connectivity index (χ3v) is 3.26. The Morgan fingerprint density at radius 1 is 1.05 bits per heavy atom. The van der Waals surface area contributed by atoms with E-state index in [0.29, 0.717) is 0 Å². The minimum atomic E-state index is 0.834. The number of aryl methyl sites for hydroxylation is 2. The van der Waals surface area contributed by atoms with Gasteiger partial charge in [-0.05, 0) is 36.2 Å². The summed E-state index contributed by atoms with van der Waals surface area (Å²) in [6.07, 6.45) is 2.85. The lowest BCUT2D eigenvalue weighted by atomic mass is 10.2. The first-order valence-corrected chi connectivity index (χ1v) is 6.44. The minimum absolute atomic E-state index is 0.834. The van der Waals surface area contributed by atoms with E-state index in [0.717, 1.165) is 29.0 Å². The van der Waals surface area contributed by atoms with Gasteiger partial charge in [0.1, 0.15) is 11.5 Å². The highest BCUT2D eigenvalue weighted by atomic mass is 16.5. The van der Waals surface area contributed by atoms with E-state index in [1.807, 2.05) is 48.3 Å². The topological polar surface area (TPSA) is 27.1 Å². The van der Waals surface area contributed by atoms with Crippen molar-refractivity contribution in [3.63, 3.8) is 0 Å². The zero-order valence-corrected chi connectivity index (χ0v) is 11.1. The van der Waals surface area contributed by atoms with Gasteiger partial charge in [-0.3, -0.25) is 0 Å². The zero-order valence-electron chi connectivity index (χ0n) is 11.1. The summed E-state index contributed by atoms with van der Waals surface area (Å²) in [7, 11) is 1.98. The summed E-state index contributed by atoms with van der Waals surface area (Å²) in [6.45, 7) is 2.15. The highest BCUT2D eigenvalue weighted by molar-refractivity contribution is 5.77. The van der Waals surface area contributed by atoms with Gasteiger partial charge in [0.15, 0.2) is 0 Å². The molecule has 1 aromatic heterocycles. The Kier molecular flexibility index (Phi) is 2.95. The summed E-state index contributed by atoms with van der Waals surface area (Å²) >= 11 is 0. The second-order valence-corrected chi connectivity index (χ2v) is 4.61. The van der Waals surface area contributed by atoms with Gasteiger partial charge in [-0.25, -0.2) is 4.98 Å². The normalized spacial score (nSPS) is 10.8.